The topological polar surface area (TPSA) is 176 Å². The van der Waals surface area contributed by atoms with Crippen LogP contribution in [0.25, 0.3) is 0 Å². The van der Waals surface area contributed by atoms with E-state index in [4.69, 9.17) is 0 Å². The van der Waals surface area contributed by atoms with E-state index in [1.54, 1.807) is 31.4 Å². The van der Waals surface area contributed by atoms with Gasteiger partial charge < -0.3 is 15.5 Å². The van der Waals surface area contributed by atoms with Gasteiger partial charge in [-0.1, -0.05) is 74.3 Å². The Balaban J connectivity index is 1.43. The minimum atomic E-state index is -4.08. The number of sulfonamides is 1. The molecule has 5 rings (SSSR count). The quantitative estimate of drug-likeness (QED) is 0.132. The fraction of sp³-hybridized carbons (Fsp3) is 0.472. The van der Waals surface area contributed by atoms with Gasteiger partial charge >= 0.3 is 5.69 Å². The number of aryl methyl sites for hydroxylation is 1. The fourth-order valence-corrected chi connectivity index (χ4v) is 8.86. The van der Waals surface area contributed by atoms with Gasteiger partial charge in [0.1, 0.15) is 12.6 Å². The lowest BCUT2D eigenvalue weighted by Crippen LogP contribution is -2.53. The summed E-state index contributed by atoms with van der Waals surface area (Å²) in [6.45, 7) is 5.28. The number of nitroso groups, excluding NO2 is 1. The summed E-state index contributed by atoms with van der Waals surface area (Å²) in [5.74, 6) is -1.15. The molecule has 1 fully saturated rings. The molecule has 0 unspecified atom stereocenters. The number of carbonyl (C=O) groups is 1. The van der Waals surface area contributed by atoms with E-state index < -0.39 is 45.7 Å². The predicted octanol–water partition coefficient (Wildman–Crippen LogP) is 4.60. The van der Waals surface area contributed by atoms with E-state index in [9.17, 15) is 33.1 Å². The van der Waals surface area contributed by atoms with Crippen molar-refractivity contribution in [1.82, 2.24) is 23.7 Å². The van der Waals surface area contributed by atoms with Crippen molar-refractivity contribution in [2.75, 3.05) is 13.1 Å². The second kappa shape index (κ2) is 16.9. The second-order valence-corrected chi connectivity index (χ2v) is 16.6. The Morgan fingerprint density at radius 2 is 1.78 bits per heavy atom. The molecule has 0 radical (unpaired) electrons. The van der Waals surface area contributed by atoms with Crippen molar-refractivity contribution in [1.29, 1.82) is 0 Å². The highest BCUT2D eigenvalue weighted by atomic mass is 32.2. The van der Waals surface area contributed by atoms with Crippen LogP contribution >= 0.6 is 11.3 Å². The highest BCUT2D eigenvalue weighted by molar-refractivity contribution is 7.89. The lowest BCUT2D eigenvalue weighted by atomic mass is 9.98. The van der Waals surface area contributed by atoms with Crippen molar-refractivity contribution in [3.8, 4) is 5.88 Å². The number of aliphatic hydroxyl groups is 1. The molecule has 51 heavy (non-hydrogen) atoms. The number of nitrogens with zero attached hydrogens (tertiary/aromatic N) is 5. The molecule has 274 valence electrons. The van der Waals surface area contributed by atoms with Crippen molar-refractivity contribution in [3.63, 3.8) is 0 Å². The number of hydrogen-bond donors (Lipinski definition) is 3. The number of hydrogen-bond acceptors (Lipinski definition) is 10. The number of aromatic hydroxyl groups is 1. The molecule has 0 aliphatic heterocycles. The first-order chi connectivity index (χ1) is 24.4. The van der Waals surface area contributed by atoms with Crippen LogP contribution in [0.4, 0.5) is 0 Å². The maximum absolute atomic E-state index is 14.1. The molecule has 1 saturated carbocycles. The third-order valence-electron chi connectivity index (χ3n) is 9.40. The number of aliphatic hydroxyl groups excluding tert-OH is 1. The molecule has 2 heterocycles. The van der Waals surface area contributed by atoms with Crippen LogP contribution in [-0.4, -0.2) is 68.2 Å². The molecule has 3 atom stereocenters. The van der Waals surface area contributed by atoms with Gasteiger partial charge in [0, 0.05) is 18.5 Å². The molecule has 1 amide bonds. The maximum atomic E-state index is 14.1. The van der Waals surface area contributed by atoms with Crippen molar-refractivity contribution in [2.24, 2.45) is 17.0 Å². The first-order valence-electron chi connectivity index (χ1n) is 17.2. The number of carbonyl (C=O) groups excluding carboxylic acids is 1. The van der Waals surface area contributed by atoms with E-state index in [1.165, 1.54) is 38.5 Å². The molecule has 1 aliphatic carbocycles. The van der Waals surface area contributed by atoms with Crippen LogP contribution in [0.3, 0.4) is 0 Å². The minimum Gasteiger partial charge on any atom is -0.493 e. The third kappa shape index (κ3) is 9.39. The maximum Gasteiger partial charge on any atom is 0.332 e. The zero-order valence-corrected chi connectivity index (χ0v) is 30.7. The van der Waals surface area contributed by atoms with Crippen LogP contribution in [0.2, 0.25) is 0 Å². The van der Waals surface area contributed by atoms with Gasteiger partial charge in [0.15, 0.2) is 0 Å². The van der Waals surface area contributed by atoms with E-state index in [-0.39, 0.29) is 49.3 Å². The summed E-state index contributed by atoms with van der Waals surface area (Å²) in [5.41, 5.74) is 1.41. The Bertz CT molecular complexity index is 1930. The minimum absolute atomic E-state index is 0.0300. The average Bonchev–Trinajstić information content (AvgIpc) is 3.83. The SMILES string of the molecule is Cc1nc(Cn2c(O)cn([C@H](C(=O)N[C@@H](Cc3ccccc3)[C@H](O)CN(CC3CCCC3)S(=O)(=O)c3ccc(CN=O)cc3)C(C)C)c2=O)cs1. The Morgan fingerprint density at radius 3 is 2.39 bits per heavy atom. The number of imidazole rings is 1. The standard InChI is InChI=1S/C36H46N6O7S2/c1-24(2)34(42-22-33(44)41(36(42)46)20-29-23-50-25(3)38-29)35(45)39-31(17-26-9-5-4-6-10-26)32(43)21-40(19-28-11-7-8-12-28)51(48,49)30-15-13-27(14-16-30)18-37-47/h4-6,9-10,13-16,22-24,28,31-32,34,43-44H,7-8,11-12,17-21H2,1-3H3,(H,39,45)/t31-,32+,34-/m0/s1. The highest BCUT2D eigenvalue weighted by Gasteiger charge is 2.35. The van der Waals surface area contributed by atoms with Gasteiger partial charge in [-0.2, -0.15) is 9.21 Å². The smallest absolute Gasteiger partial charge is 0.332 e. The average molecular weight is 739 g/mol. The number of thiazole rings is 1. The fourth-order valence-electron chi connectivity index (χ4n) is 6.73. The summed E-state index contributed by atoms with van der Waals surface area (Å²) < 4.78 is 31.8. The van der Waals surface area contributed by atoms with Crippen LogP contribution in [0, 0.1) is 23.7 Å². The summed E-state index contributed by atoms with van der Waals surface area (Å²) in [4.78, 5) is 42.9. The largest absolute Gasteiger partial charge is 0.493 e. The number of benzene rings is 2. The van der Waals surface area contributed by atoms with E-state index in [2.05, 4.69) is 15.5 Å². The monoisotopic (exact) mass is 738 g/mol. The van der Waals surface area contributed by atoms with E-state index in [0.717, 1.165) is 40.8 Å². The van der Waals surface area contributed by atoms with Crippen LogP contribution in [-0.2, 0) is 34.3 Å². The lowest BCUT2D eigenvalue weighted by molar-refractivity contribution is -0.127. The number of amides is 1. The molecule has 0 saturated heterocycles. The predicted molar refractivity (Wildman–Crippen MR) is 195 cm³/mol. The van der Waals surface area contributed by atoms with Gasteiger partial charge in [-0.05, 0) is 61.3 Å². The first-order valence-corrected chi connectivity index (χ1v) is 19.5. The Morgan fingerprint density at radius 1 is 1.10 bits per heavy atom. The van der Waals surface area contributed by atoms with Crippen molar-refractivity contribution >= 4 is 27.3 Å². The molecule has 15 heteroatoms. The molecule has 4 aromatic rings. The number of rotatable bonds is 17. The third-order valence-corrected chi connectivity index (χ3v) is 12.1. The molecule has 13 nitrogen and oxygen atoms in total. The van der Waals surface area contributed by atoms with Gasteiger partial charge in [-0.3, -0.25) is 13.9 Å². The van der Waals surface area contributed by atoms with Gasteiger partial charge in [0.2, 0.25) is 21.8 Å². The van der Waals surface area contributed by atoms with Gasteiger partial charge in [0.05, 0.1) is 40.5 Å². The van der Waals surface area contributed by atoms with E-state index in [0.29, 0.717) is 11.3 Å². The molecule has 3 N–H and O–H groups in total. The molecule has 0 bridgehead atoms. The summed E-state index contributed by atoms with van der Waals surface area (Å²) in [5, 5.41) is 31.1. The highest BCUT2D eigenvalue weighted by Crippen LogP contribution is 2.29. The van der Waals surface area contributed by atoms with Gasteiger partial charge in [0.25, 0.3) is 0 Å². The molecular formula is C36H46N6O7S2. The number of aromatic nitrogens is 3. The summed E-state index contributed by atoms with van der Waals surface area (Å²) >= 11 is 1.43. The van der Waals surface area contributed by atoms with E-state index in [1.807, 2.05) is 37.3 Å². The van der Waals surface area contributed by atoms with E-state index >= 15 is 0 Å². The van der Waals surface area contributed by atoms with Crippen molar-refractivity contribution < 1.29 is 23.4 Å². The summed E-state index contributed by atoms with van der Waals surface area (Å²) in [6, 6.07) is 13.2. The lowest BCUT2D eigenvalue weighted by Gasteiger charge is -2.32. The second-order valence-electron chi connectivity index (χ2n) is 13.6. The van der Waals surface area contributed by atoms with Crippen LogP contribution < -0.4 is 11.0 Å². The summed E-state index contributed by atoms with van der Waals surface area (Å²) in [7, 11) is -4.08. The van der Waals surface area contributed by atoms with Crippen molar-refractivity contribution in [2.45, 2.75) is 89.0 Å². The van der Waals surface area contributed by atoms with Crippen LogP contribution in [0.5, 0.6) is 5.88 Å². The zero-order valence-electron chi connectivity index (χ0n) is 29.1. The molecule has 2 aromatic heterocycles. The number of nitrogens with one attached hydrogen (secondary N) is 1. The van der Waals surface area contributed by atoms with Crippen LogP contribution in [0.15, 0.2) is 81.0 Å². The molecule has 2 aromatic carbocycles. The normalized spacial score (nSPS) is 15.6. The van der Waals surface area contributed by atoms with Gasteiger partial charge in [-0.15, -0.1) is 11.3 Å². The van der Waals surface area contributed by atoms with Gasteiger partial charge in [-0.25, -0.2) is 18.2 Å². The Kier molecular flexibility index (Phi) is 12.6. The Hall–Kier alpha value is -4.18. The molecule has 1 aliphatic rings. The Labute approximate surface area is 302 Å². The molecule has 0 spiro atoms. The first kappa shape index (κ1) is 38.1. The molecular weight excluding hydrogens is 693 g/mol. The van der Waals surface area contributed by atoms with Crippen molar-refractivity contribution in [3.05, 3.63) is 103 Å². The summed E-state index contributed by atoms with van der Waals surface area (Å²) in [6.07, 6.45) is 3.83. The zero-order chi connectivity index (χ0) is 36.7. The van der Waals surface area contributed by atoms with Crippen LogP contribution in [0.1, 0.15) is 67.4 Å².